The van der Waals surface area contributed by atoms with Gasteiger partial charge in [0.05, 0.1) is 10.5 Å². The minimum atomic E-state index is -3.86. The predicted octanol–water partition coefficient (Wildman–Crippen LogP) is 3.45. The standard InChI is InChI=1S/C16H16FNO4S3/c17-13-4-3-11(10-12(13)16(19)20)25(21,22)18-6-5-15(24-9-7-18)14-2-1-8-23-14/h1-4,8,10,15H,5-7,9H2,(H,19,20). The number of halogens is 1. The van der Waals surface area contributed by atoms with Gasteiger partial charge < -0.3 is 5.11 Å². The zero-order chi connectivity index (χ0) is 18.0. The number of carbonyl (C=O) groups is 1. The van der Waals surface area contributed by atoms with Gasteiger partial charge in [0, 0.05) is 29.0 Å². The maximum atomic E-state index is 13.5. The lowest BCUT2D eigenvalue weighted by atomic mass is 10.2. The molecule has 1 atom stereocenters. The Morgan fingerprint density at radius 2 is 2.08 bits per heavy atom. The quantitative estimate of drug-likeness (QED) is 0.849. The average molecular weight is 402 g/mol. The third kappa shape index (κ3) is 3.89. The van der Waals surface area contributed by atoms with E-state index in [1.165, 1.54) is 9.18 Å². The zero-order valence-electron chi connectivity index (χ0n) is 13.1. The lowest BCUT2D eigenvalue weighted by molar-refractivity contribution is 0.0691. The monoisotopic (exact) mass is 401 g/mol. The Hall–Kier alpha value is -1.42. The summed E-state index contributed by atoms with van der Waals surface area (Å²) in [7, 11) is -3.86. The molecule has 1 N–H and O–H groups in total. The molecule has 2 heterocycles. The Morgan fingerprint density at radius 1 is 1.28 bits per heavy atom. The first-order valence-electron chi connectivity index (χ1n) is 7.57. The fourth-order valence-electron chi connectivity index (χ4n) is 2.67. The van der Waals surface area contributed by atoms with Crippen molar-refractivity contribution in [3.05, 3.63) is 52.0 Å². The SMILES string of the molecule is O=C(O)c1cc(S(=O)(=O)N2CCSC(c3cccs3)CC2)ccc1F. The zero-order valence-corrected chi connectivity index (χ0v) is 15.5. The second-order valence-corrected chi connectivity index (χ2v) is 9.74. The molecule has 1 fully saturated rings. The molecule has 1 unspecified atom stereocenters. The van der Waals surface area contributed by atoms with Crippen molar-refractivity contribution >= 4 is 39.1 Å². The Labute approximate surface area is 153 Å². The highest BCUT2D eigenvalue weighted by molar-refractivity contribution is 7.99. The van der Waals surface area contributed by atoms with Crippen LogP contribution in [0.1, 0.15) is 26.9 Å². The molecule has 25 heavy (non-hydrogen) atoms. The van der Waals surface area contributed by atoms with Crippen molar-refractivity contribution in [2.75, 3.05) is 18.8 Å². The summed E-state index contributed by atoms with van der Waals surface area (Å²) < 4.78 is 40.5. The summed E-state index contributed by atoms with van der Waals surface area (Å²) in [6.45, 7) is 0.687. The van der Waals surface area contributed by atoms with Gasteiger partial charge in [0.1, 0.15) is 5.82 Å². The molecule has 0 spiro atoms. The number of nitrogens with zero attached hydrogens (tertiary/aromatic N) is 1. The van der Waals surface area contributed by atoms with Crippen LogP contribution in [0.3, 0.4) is 0 Å². The van der Waals surface area contributed by atoms with Gasteiger partial charge in [0.15, 0.2) is 0 Å². The molecular formula is C16H16FNO4S3. The molecule has 134 valence electrons. The highest BCUT2D eigenvalue weighted by atomic mass is 32.2. The number of hydrogen-bond donors (Lipinski definition) is 1. The first kappa shape index (κ1) is 18.4. The van der Waals surface area contributed by atoms with Crippen molar-refractivity contribution in [2.24, 2.45) is 0 Å². The van der Waals surface area contributed by atoms with E-state index in [1.54, 1.807) is 23.1 Å². The van der Waals surface area contributed by atoms with E-state index in [0.29, 0.717) is 25.3 Å². The van der Waals surface area contributed by atoms with Gasteiger partial charge in [-0.15, -0.1) is 11.3 Å². The molecule has 2 aromatic rings. The minimum Gasteiger partial charge on any atom is -0.478 e. The van der Waals surface area contributed by atoms with Gasteiger partial charge in [-0.3, -0.25) is 0 Å². The number of rotatable bonds is 4. The van der Waals surface area contributed by atoms with Crippen LogP contribution in [0.15, 0.2) is 40.6 Å². The Morgan fingerprint density at radius 3 is 2.76 bits per heavy atom. The van der Waals surface area contributed by atoms with Crippen LogP contribution in [0.5, 0.6) is 0 Å². The average Bonchev–Trinajstić information content (AvgIpc) is 2.98. The number of benzene rings is 1. The van der Waals surface area contributed by atoms with E-state index in [0.717, 1.165) is 18.2 Å². The third-order valence-electron chi connectivity index (χ3n) is 3.97. The van der Waals surface area contributed by atoms with Crippen molar-refractivity contribution in [3.63, 3.8) is 0 Å². The topological polar surface area (TPSA) is 74.7 Å². The molecule has 1 aromatic heterocycles. The summed E-state index contributed by atoms with van der Waals surface area (Å²) in [6.07, 6.45) is 0.678. The lowest BCUT2D eigenvalue weighted by Crippen LogP contribution is -2.33. The van der Waals surface area contributed by atoms with E-state index in [-0.39, 0.29) is 10.1 Å². The normalized spacial score (nSPS) is 19.5. The largest absolute Gasteiger partial charge is 0.478 e. The van der Waals surface area contributed by atoms with Crippen LogP contribution in [0.2, 0.25) is 0 Å². The number of sulfonamides is 1. The van der Waals surface area contributed by atoms with E-state index in [9.17, 15) is 17.6 Å². The number of thiophene rings is 1. The van der Waals surface area contributed by atoms with Gasteiger partial charge in [-0.05, 0) is 36.1 Å². The van der Waals surface area contributed by atoms with Crippen molar-refractivity contribution < 1.29 is 22.7 Å². The van der Waals surface area contributed by atoms with Crippen LogP contribution >= 0.6 is 23.1 Å². The van der Waals surface area contributed by atoms with Crippen LogP contribution < -0.4 is 0 Å². The predicted molar refractivity (Wildman–Crippen MR) is 96.3 cm³/mol. The Bertz CT molecular complexity index is 868. The molecule has 1 aliphatic heterocycles. The summed E-state index contributed by atoms with van der Waals surface area (Å²) in [5.41, 5.74) is -0.637. The molecule has 0 saturated carbocycles. The molecule has 1 aromatic carbocycles. The van der Waals surface area contributed by atoms with Crippen molar-refractivity contribution in [3.8, 4) is 0 Å². The lowest BCUT2D eigenvalue weighted by Gasteiger charge is -2.20. The van der Waals surface area contributed by atoms with E-state index in [4.69, 9.17) is 5.11 Å². The van der Waals surface area contributed by atoms with Crippen LogP contribution in [0.4, 0.5) is 4.39 Å². The van der Waals surface area contributed by atoms with E-state index in [2.05, 4.69) is 0 Å². The minimum absolute atomic E-state index is 0.189. The number of hydrogen-bond acceptors (Lipinski definition) is 5. The first-order valence-corrected chi connectivity index (χ1v) is 10.9. The number of carboxylic acids is 1. The van der Waals surface area contributed by atoms with E-state index >= 15 is 0 Å². The number of aromatic carboxylic acids is 1. The smallest absolute Gasteiger partial charge is 0.338 e. The van der Waals surface area contributed by atoms with Gasteiger partial charge in [-0.2, -0.15) is 16.1 Å². The van der Waals surface area contributed by atoms with Crippen molar-refractivity contribution in [1.82, 2.24) is 4.31 Å². The van der Waals surface area contributed by atoms with Crippen LogP contribution in [0.25, 0.3) is 0 Å². The van der Waals surface area contributed by atoms with Crippen LogP contribution in [-0.4, -0.2) is 42.6 Å². The highest BCUT2D eigenvalue weighted by Gasteiger charge is 2.29. The molecule has 1 saturated heterocycles. The van der Waals surface area contributed by atoms with E-state index < -0.39 is 27.4 Å². The molecule has 9 heteroatoms. The Balaban J connectivity index is 1.83. The molecule has 1 aliphatic rings. The molecule has 0 radical (unpaired) electrons. The second-order valence-electron chi connectivity index (χ2n) is 5.51. The number of carboxylic acid groups (broad SMARTS) is 1. The molecule has 5 nitrogen and oxygen atoms in total. The van der Waals surface area contributed by atoms with Gasteiger partial charge in [-0.25, -0.2) is 17.6 Å². The maximum Gasteiger partial charge on any atom is 0.338 e. The molecule has 0 bridgehead atoms. The summed E-state index contributed by atoms with van der Waals surface area (Å²) in [4.78, 5) is 12.1. The number of thioether (sulfide) groups is 1. The fraction of sp³-hybridized carbons (Fsp3) is 0.312. The molecule has 0 amide bonds. The fourth-order valence-corrected chi connectivity index (χ4v) is 6.51. The summed E-state index contributed by atoms with van der Waals surface area (Å²) >= 11 is 3.37. The molecular weight excluding hydrogens is 385 g/mol. The van der Waals surface area contributed by atoms with Gasteiger partial charge in [-0.1, -0.05) is 6.07 Å². The summed E-state index contributed by atoms with van der Waals surface area (Å²) in [6, 6.07) is 6.92. The Kier molecular flexibility index (Phi) is 5.47. The highest BCUT2D eigenvalue weighted by Crippen LogP contribution is 2.37. The second kappa shape index (κ2) is 7.45. The summed E-state index contributed by atoms with van der Waals surface area (Å²) in [5.74, 6) is -1.79. The maximum absolute atomic E-state index is 13.5. The van der Waals surface area contributed by atoms with Gasteiger partial charge in [0.2, 0.25) is 10.0 Å². The first-order chi connectivity index (χ1) is 11.9. The van der Waals surface area contributed by atoms with Crippen LogP contribution in [0, 0.1) is 5.82 Å². The molecule has 3 rings (SSSR count). The van der Waals surface area contributed by atoms with Crippen LogP contribution in [-0.2, 0) is 10.0 Å². The molecule has 0 aliphatic carbocycles. The van der Waals surface area contributed by atoms with Crippen molar-refractivity contribution in [2.45, 2.75) is 16.6 Å². The van der Waals surface area contributed by atoms with E-state index in [1.807, 2.05) is 17.5 Å². The summed E-state index contributed by atoms with van der Waals surface area (Å²) in [5, 5.41) is 11.3. The van der Waals surface area contributed by atoms with Crippen molar-refractivity contribution in [1.29, 1.82) is 0 Å². The van der Waals surface area contributed by atoms with Gasteiger partial charge in [0.25, 0.3) is 0 Å². The van der Waals surface area contributed by atoms with Gasteiger partial charge >= 0.3 is 5.97 Å². The third-order valence-corrected chi connectivity index (χ3v) is 8.31.